The molecule has 0 saturated carbocycles. The lowest BCUT2D eigenvalue weighted by molar-refractivity contribution is -0.131. The zero-order valence-electron chi connectivity index (χ0n) is 18.8. The summed E-state index contributed by atoms with van der Waals surface area (Å²) in [5.41, 5.74) is 2.27. The molecule has 1 fully saturated rings. The van der Waals surface area contributed by atoms with Gasteiger partial charge in [-0.1, -0.05) is 42.5 Å². The molecule has 0 aliphatic carbocycles. The van der Waals surface area contributed by atoms with Gasteiger partial charge in [0.1, 0.15) is 23.7 Å². The molecule has 2 aliphatic heterocycles. The molecule has 0 unspecified atom stereocenters. The first kappa shape index (κ1) is 23.4. The van der Waals surface area contributed by atoms with Gasteiger partial charge in [-0.15, -0.1) is 0 Å². The molecule has 33 heavy (non-hydrogen) atoms. The van der Waals surface area contributed by atoms with E-state index in [0.717, 1.165) is 23.8 Å². The highest BCUT2D eigenvalue weighted by atomic mass is 16.7. The van der Waals surface area contributed by atoms with Gasteiger partial charge >= 0.3 is 5.97 Å². The standard InChI is InChI=1S/C26H30O7/c1-29-17-31-24-9-5-8-19-12-22-14-21(30-16-18-6-3-2-4-7-18)15-23(32-22)13-20(10-11-27)33-26(28)25(19)24/h2-9,11,20-23H,10,12-17H2,1H3/t20-,21+,22-,23-/m0/s1. The highest BCUT2D eigenvalue weighted by Gasteiger charge is 2.35. The zero-order chi connectivity index (χ0) is 23.0. The number of rotatable bonds is 8. The highest BCUT2D eigenvalue weighted by Crippen LogP contribution is 2.33. The Morgan fingerprint density at radius 2 is 1.85 bits per heavy atom. The average molecular weight is 455 g/mol. The van der Waals surface area contributed by atoms with E-state index >= 15 is 0 Å². The van der Waals surface area contributed by atoms with E-state index in [1.165, 1.54) is 7.11 Å². The van der Waals surface area contributed by atoms with Crippen LogP contribution in [0.5, 0.6) is 5.75 Å². The summed E-state index contributed by atoms with van der Waals surface area (Å²) in [6.45, 7) is 0.544. The number of cyclic esters (lactones) is 1. The first-order valence-electron chi connectivity index (χ1n) is 11.4. The molecule has 4 atom stereocenters. The Hall–Kier alpha value is -2.74. The lowest BCUT2D eigenvalue weighted by Gasteiger charge is -2.37. The maximum Gasteiger partial charge on any atom is 0.342 e. The third-order valence-corrected chi connectivity index (χ3v) is 6.02. The lowest BCUT2D eigenvalue weighted by atomic mass is 9.91. The zero-order valence-corrected chi connectivity index (χ0v) is 18.8. The van der Waals surface area contributed by atoms with Crippen molar-refractivity contribution in [3.05, 3.63) is 65.2 Å². The Labute approximate surface area is 193 Å². The van der Waals surface area contributed by atoms with Gasteiger partial charge in [0.2, 0.25) is 0 Å². The molecule has 2 heterocycles. The summed E-state index contributed by atoms with van der Waals surface area (Å²) in [7, 11) is 1.52. The van der Waals surface area contributed by atoms with Gasteiger partial charge < -0.3 is 28.5 Å². The number of hydrogen-bond acceptors (Lipinski definition) is 7. The van der Waals surface area contributed by atoms with Crippen molar-refractivity contribution in [2.45, 2.75) is 63.1 Å². The number of ether oxygens (including phenoxy) is 5. The number of hydrogen-bond donors (Lipinski definition) is 0. The minimum atomic E-state index is -0.574. The molecular formula is C26H30O7. The molecule has 176 valence electrons. The molecule has 7 nitrogen and oxygen atoms in total. The summed E-state index contributed by atoms with van der Waals surface area (Å²) in [6, 6.07) is 15.5. The minimum absolute atomic E-state index is 0.0114. The lowest BCUT2D eigenvalue weighted by Crippen LogP contribution is -2.41. The highest BCUT2D eigenvalue weighted by molar-refractivity contribution is 5.94. The first-order valence-corrected chi connectivity index (χ1v) is 11.4. The summed E-state index contributed by atoms with van der Waals surface area (Å²) in [6.07, 6.45) is 2.45. The summed E-state index contributed by atoms with van der Waals surface area (Å²) in [5, 5.41) is 0. The smallest absolute Gasteiger partial charge is 0.342 e. The molecule has 2 aromatic rings. The van der Waals surface area contributed by atoms with E-state index in [1.807, 2.05) is 42.5 Å². The minimum Gasteiger partial charge on any atom is -0.467 e. The third kappa shape index (κ3) is 6.19. The van der Waals surface area contributed by atoms with E-state index in [1.54, 1.807) is 6.07 Å². The molecule has 2 aromatic carbocycles. The molecule has 7 heteroatoms. The number of carbonyl (C=O) groups is 2. The van der Waals surface area contributed by atoms with Gasteiger partial charge in [0.25, 0.3) is 0 Å². The predicted molar refractivity (Wildman–Crippen MR) is 120 cm³/mol. The normalized spacial score (nSPS) is 24.9. The van der Waals surface area contributed by atoms with Crippen LogP contribution in [0.1, 0.15) is 47.2 Å². The van der Waals surface area contributed by atoms with E-state index in [0.29, 0.717) is 37.2 Å². The summed E-state index contributed by atoms with van der Waals surface area (Å²) in [5.74, 6) is -0.0885. The molecule has 0 radical (unpaired) electrons. The Kier molecular flexibility index (Phi) is 8.10. The van der Waals surface area contributed by atoms with Crippen LogP contribution in [0.15, 0.2) is 48.5 Å². The topological polar surface area (TPSA) is 80.3 Å². The van der Waals surface area contributed by atoms with Crippen molar-refractivity contribution < 1.29 is 33.3 Å². The van der Waals surface area contributed by atoms with Crippen LogP contribution in [-0.4, -0.2) is 50.6 Å². The van der Waals surface area contributed by atoms with Crippen LogP contribution in [-0.2, 0) is 36.8 Å². The van der Waals surface area contributed by atoms with Crippen molar-refractivity contribution in [2.75, 3.05) is 13.9 Å². The van der Waals surface area contributed by atoms with Gasteiger partial charge in [0.15, 0.2) is 6.79 Å². The third-order valence-electron chi connectivity index (χ3n) is 6.02. The molecule has 0 spiro atoms. The van der Waals surface area contributed by atoms with E-state index in [9.17, 15) is 9.59 Å². The number of carbonyl (C=O) groups excluding carboxylic acids is 2. The largest absolute Gasteiger partial charge is 0.467 e. The fourth-order valence-electron chi connectivity index (χ4n) is 4.54. The number of esters is 1. The van der Waals surface area contributed by atoms with Crippen LogP contribution in [0.2, 0.25) is 0 Å². The van der Waals surface area contributed by atoms with Crippen molar-refractivity contribution in [3.8, 4) is 5.75 Å². The predicted octanol–water partition coefficient (Wildman–Crippen LogP) is 3.86. The maximum atomic E-state index is 13.1. The molecule has 2 aliphatic rings. The van der Waals surface area contributed by atoms with Crippen LogP contribution in [0, 0.1) is 0 Å². The fourth-order valence-corrected chi connectivity index (χ4v) is 4.54. The van der Waals surface area contributed by atoms with Crippen LogP contribution < -0.4 is 4.74 Å². The number of methoxy groups -OCH3 is 1. The molecule has 0 aromatic heterocycles. The summed E-state index contributed by atoms with van der Waals surface area (Å²) < 4.78 is 29.1. The summed E-state index contributed by atoms with van der Waals surface area (Å²) >= 11 is 0. The number of aldehydes is 1. The quantitative estimate of drug-likeness (QED) is 0.340. The molecule has 4 rings (SSSR count). The molecule has 1 saturated heterocycles. The van der Waals surface area contributed by atoms with E-state index in [-0.39, 0.29) is 31.5 Å². The van der Waals surface area contributed by atoms with Crippen molar-refractivity contribution in [2.24, 2.45) is 0 Å². The van der Waals surface area contributed by atoms with E-state index in [4.69, 9.17) is 23.7 Å². The van der Waals surface area contributed by atoms with Crippen molar-refractivity contribution in [3.63, 3.8) is 0 Å². The Morgan fingerprint density at radius 1 is 1.03 bits per heavy atom. The average Bonchev–Trinajstić information content (AvgIpc) is 2.81. The van der Waals surface area contributed by atoms with Gasteiger partial charge in [-0.25, -0.2) is 4.79 Å². The second kappa shape index (κ2) is 11.4. The molecular weight excluding hydrogens is 424 g/mol. The van der Waals surface area contributed by atoms with Crippen molar-refractivity contribution in [1.82, 2.24) is 0 Å². The number of fused-ring (bicyclic) bond motifs is 3. The molecule has 0 N–H and O–H groups in total. The van der Waals surface area contributed by atoms with E-state index < -0.39 is 12.1 Å². The van der Waals surface area contributed by atoms with Crippen molar-refractivity contribution >= 4 is 12.3 Å². The van der Waals surface area contributed by atoms with Gasteiger partial charge in [0.05, 0.1) is 24.9 Å². The van der Waals surface area contributed by atoms with Crippen LogP contribution in [0.25, 0.3) is 0 Å². The van der Waals surface area contributed by atoms with Crippen LogP contribution in [0.4, 0.5) is 0 Å². The monoisotopic (exact) mass is 454 g/mol. The second-order valence-corrected chi connectivity index (χ2v) is 8.48. The fraction of sp³-hybridized carbons (Fsp3) is 0.462. The van der Waals surface area contributed by atoms with Gasteiger partial charge in [-0.05, 0) is 23.6 Å². The van der Waals surface area contributed by atoms with Gasteiger partial charge in [0, 0.05) is 32.8 Å². The first-order chi connectivity index (χ1) is 16.2. The molecule has 2 bridgehead atoms. The van der Waals surface area contributed by atoms with Gasteiger partial charge in [-0.2, -0.15) is 0 Å². The Morgan fingerprint density at radius 3 is 2.64 bits per heavy atom. The maximum absolute atomic E-state index is 13.1. The second-order valence-electron chi connectivity index (χ2n) is 8.48. The van der Waals surface area contributed by atoms with Gasteiger partial charge in [-0.3, -0.25) is 0 Å². The van der Waals surface area contributed by atoms with E-state index in [2.05, 4.69) is 0 Å². The number of benzene rings is 2. The Bertz CT molecular complexity index is 929. The summed E-state index contributed by atoms with van der Waals surface area (Å²) in [4.78, 5) is 24.4. The van der Waals surface area contributed by atoms with Crippen LogP contribution in [0.3, 0.4) is 0 Å². The SMILES string of the molecule is COCOc1cccc2c1C(=O)O[C@@H](CC=O)C[C@H]1C[C@H](OCc3ccccc3)C[C@H](C2)O1. The molecule has 0 amide bonds. The Balaban J connectivity index is 1.58. The van der Waals surface area contributed by atoms with Crippen LogP contribution >= 0.6 is 0 Å². The van der Waals surface area contributed by atoms with Crippen molar-refractivity contribution in [1.29, 1.82) is 0 Å².